The van der Waals surface area contributed by atoms with Gasteiger partial charge in [0, 0.05) is 12.5 Å². The van der Waals surface area contributed by atoms with Crippen LogP contribution in [0, 0.1) is 5.92 Å². The summed E-state index contributed by atoms with van der Waals surface area (Å²) < 4.78 is 5.38. The minimum atomic E-state index is -0.963. The molecular weight excluding hydrogens is 282 g/mol. The van der Waals surface area contributed by atoms with E-state index < -0.39 is 23.7 Å². The molecule has 1 aliphatic carbocycles. The highest BCUT2D eigenvalue weighted by molar-refractivity contribution is 5.81. The molecule has 22 heavy (non-hydrogen) atoms. The molecule has 0 saturated carbocycles. The average Bonchev–Trinajstić information content (AvgIpc) is 2.45. The molecule has 2 rings (SSSR count). The molecule has 5 nitrogen and oxygen atoms in total. The van der Waals surface area contributed by atoms with Gasteiger partial charge in [0.05, 0.1) is 0 Å². The van der Waals surface area contributed by atoms with Crippen molar-refractivity contribution >= 4 is 12.1 Å². The van der Waals surface area contributed by atoms with Crippen LogP contribution in [0.1, 0.15) is 46.5 Å². The third kappa shape index (κ3) is 3.90. The van der Waals surface area contributed by atoms with Crippen molar-refractivity contribution < 1.29 is 19.4 Å². The summed E-state index contributed by atoms with van der Waals surface area (Å²) in [7, 11) is 0. The number of nitrogens with zero attached hydrogens (tertiary/aromatic N) is 1. The second kappa shape index (κ2) is 6.55. The van der Waals surface area contributed by atoms with E-state index in [-0.39, 0.29) is 5.92 Å². The number of carbonyl (C=O) groups excluding carboxylic acids is 1. The number of carbonyl (C=O) groups is 2. The molecule has 0 radical (unpaired) electrons. The summed E-state index contributed by atoms with van der Waals surface area (Å²) in [6.07, 6.45) is 9.13. The lowest BCUT2D eigenvalue weighted by Crippen LogP contribution is -2.54. The summed E-state index contributed by atoms with van der Waals surface area (Å²) in [4.78, 5) is 25.5. The van der Waals surface area contributed by atoms with Gasteiger partial charge < -0.3 is 9.84 Å². The molecule has 0 aromatic rings. The van der Waals surface area contributed by atoms with Crippen molar-refractivity contribution in [1.29, 1.82) is 0 Å². The predicted octanol–water partition coefficient (Wildman–Crippen LogP) is 3.36. The highest BCUT2D eigenvalue weighted by atomic mass is 16.6. The Kier molecular flexibility index (Phi) is 4.94. The quantitative estimate of drug-likeness (QED) is 0.849. The van der Waals surface area contributed by atoms with Gasteiger partial charge in [0.15, 0.2) is 0 Å². The van der Waals surface area contributed by atoms with Gasteiger partial charge in [-0.2, -0.15) is 0 Å². The number of allylic oxidation sites excluding steroid dienone is 3. The normalized spacial score (nSPS) is 25.6. The van der Waals surface area contributed by atoms with Gasteiger partial charge in [0.1, 0.15) is 11.6 Å². The zero-order chi connectivity index (χ0) is 16.3. The summed E-state index contributed by atoms with van der Waals surface area (Å²) in [5.41, 5.74) is 0.406. The Labute approximate surface area is 131 Å². The number of ether oxygens (including phenoxy) is 1. The molecule has 122 valence electrons. The number of rotatable bonds is 2. The molecule has 1 fully saturated rings. The summed E-state index contributed by atoms with van der Waals surface area (Å²) in [6, 6.07) is -0.849. The first kappa shape index (κ1) is 16.6. The molecule has 1 aliphatic heterocycles. The number of hydrogen-bond acceptors (Lipinski definition) is 3. The van der Waals surface area contributed by atoms with Crippen molar-refractivity contribution in [3.8, 4) is 0 Å². The highest BCUT2D eigenvalue weighted by Crippen LogP contribution is 2.33. The standard InChI is InChI=1S/C17H25NO4/c1-17(2,3)22-16(21)18-11-7-10-13(14(18)15(19)20)12-8-5-4-6-9-12/h5,8-9,13-14H,4,6-7,10-11H2,1-3H3,(H,19,20). The van der Waals surface area contributed by atoms with E-state index in [1.165, 1.54) is 4.90 Å². The van der Waals surface area contributed by atoms with Crippen molar-refractivity contribution in [2.75, 3.05) is 6.54 Å². The third-order valence-corrected chi connectivity index (χ3v) is 3.96. The lowest BCUT2D eigenvalue weighted by atomic mass is 9.81. The Bertz CT molecular complexity index is 501. The lowest BCUT2D eigenvalue weighted by molar-refractivity contribution is -0.146. The molecular formula is C17H25NO4. The maximum Gasteiger partial charge on any atom is 0.411 e. The van der Waals surface area contributed by atoms with E-state index in [1.807, 2.05) is 6.08 Å². The molecule has 0 aromatic carbocycles. The first-order valence-corrected chi connectivity index (χ1v) is 7.88. The van der Waals surface area contributed by atoms with E-state index in [0.717, 1.165) is 31.3 Å². The van der Waals surface area contributed by atoms with E-state index in [9.17, 15) is 14.7 Å². The number of likely N-dealkylation sites (tertiary alicyclic amines) is 1. The van der Waals surface area contributed by atoms with Gasteiger partial charge in [-0.3, -0.25) is 4.90 Å². The van der Waals surface area contributed by atoms with Crippen molar-refractivity contribution in [3.63, 3.8) is 0 Å². The first-order valence-electron chi connectivity index (χ1n) is 7.88. The molecule has 1 amide bonds. The second-order valence-corrected chi connectivity index (χ2v) is 6.89. The Morgan fingerprint density at radius 1 is 1.32 bits per heavy atom. The smallest absolute Gasteiger partial charge is 0.411 e. The van der Waals surface area contributed by atoms with E-state index in [0.29, 0.717) is 6.54 Å². The van der Waals surface area contributed by atoms with Crippen LogP contribution in [-0.4, -0.2) is 40.3 Å². The van der Waals surface area contributed by atoms with Gasteiger partial charge in [-0.1, -0.05) is 18.2 Å². The SMILES string of the molecule is CC(C)(C)OC(=O)N1CCCC(C2=CCCC=C2)C1C(=O)O. The monoisotopic (exact) mass is 307 g/mol. The van der Waals surface area contributed by atoms with Crippen LogP contribution in [0.4, 0.5) is 4.79 Å². The zero-order valence-corrected chi connectivity index (χ0v) is 13.5. The first-order chi connectivity index (χ1) is 10.3. The fraction of sp³-hybridized carbons (Fsp3) is 0.647. The van der Waals surface area contributed by atoms with E-state index >= 15 is 0 Å². The fourth-order valence-corrected chi connectivity index (χ4v) is 3.08. The number of carboxylic acids is 1. The van der Waals surface area contributed by atoms with E-state index in [4.69, 9.17) is 4.74 Å². The predicted molar refractivity (Wildman–Crippen MR) is 83.5 cm³/mol. The van der Waals surface area contributed by atoms with Crippen molar-refractivity contribution in [2.24, 2.45) is 5.92 Å². The third-order valence-electron chi connectivity index (χ3n) is 3.96. The molecule has 1 saturated heterocycles. The molecule has 2 unspecified atom stereocenters. The molecule has 0 aromatic heterocycles. The van der Waals surface area contributed by atoms with Gasteiger partial charge in [-0.05, 0) is 52.0 Å². The number of amides is 1. The maximum atomic E-state index is 12.4. The Morgan fingerprint density at radius 2 is 2.05 bits per heavy atom. The molecule has 1 N–H and O–H groups in total. The van der Waals surface area contributed by atoms with Gasteiger partial charge in [-0.25, -0.2) is 9.59 Å². The van der Waals surface area contributed by atoms with Crippen LogP contribution >= 0.6 is 0 Å². The largest absolute Gasteiger partial charge is 0.480 e. The zero-order valence-electron chi connectivity index (χ0n) is 13.5. The van der Waals surface area contributed by atoms with E-state index in [2.05, 4.69) is 12.2 Å². The molecule has 1 heterocycles. The Hall–Kier alpha value is -1.78. The van der Waals surface area contributed by atoms with Crippen LogP contribution in [0.3, 0.4) is 0 Å². The summed E-state index contributed by atoms with van der Waals surface area (Å²) in [5, 5.41) is 9.66. The molecule has 2 atom stereocenters. The van der Waals surface area contributed by atoms with Crippen LogP contribution in [0.2, 0.25) is 0 Å². The van der Waals surface area contributed by atoms with Gasteiger partial charge in [-0.15, -0.1) is 0 Å². The van der Waals surface area contributed by atoms with E-state index in [1.54, 1.807) is 20.8 Å². The summed E-state index contributed by atoms with van der Waals surface area (Å²) in [6.45, 7) is 5.79. The van der Waals surface area contributed by atoms with Gasteiger partial charge >= 0.3 is 12.1 Å². The minimum Gasteiger partial charge on any atom is -0.480 e. The average molecular weight is 307 g/mol. The van der Waals surface area contributed by atoms with Crippen LogP contribution in [0.15, 0.2) is 23.8 Å². The number of hydrogen-bond donors (Lipinski definition) is 1. The molecule has 2 aliphatic rings. The van der Waals surface area contributed by atoms with Crippen molar-refractivity contribution in [2.45, 2.75) is 58.1 Å². The van der Waals surface area contributed by atoms with Crippen LogP contribution in [0.25, 0.3) is 0 Å². The number of piperidine rings is 1. The number of aliphatic carboxylic acids is 1. The topological polar surface area (TPSA) is 66.8 Å². The summed E-state index contributed by atoms with van der Waals surface area (Å²) in [5.74, 6) is -1.12. The second-order valence-electron chi connectivity index (χ2n) is 6.89. The van der Waals surface area contributed by atoms with Crippen molar-refractivity contribution in [3.05, 3.63) is 23.8 Å². The number of carboxylic acid groups (broad SMARTS) is 1. The molecule has 0 spiro atoms. The van der Waals surface area contributed by atoms with Crippen LogP contribution in [-0.2, 0) is 9.53 Å². The summed E-state index contributed by atoms with van der Waals surface area (Å²) >= 11 is 0. The lowest BCUT2D eigenvalue weighted by Gasteiger charge is -2.40. The van der Waals surface area contributed by atoms with Crippen LogP contribution in [0.5, 0.6) is 0 Å². The minimum absolute atomic E-state index is 0.157. The highest BCUT2D eigenvalue weighted by Gasteiger charge is 2.42. The molecule has 0 bridgehead atoms. The Morgan fingerprint density at radius 3 is 2.59 bits per heavy atom. The Balaban J connectivity index is 2.22. The molecule has 5 heteroatoms. The van der Waals surface area contributed by atoms with Crippen molar-refractivity contribution in [1.82, 2.24) is 4.90 Å². The van der Waals surface area contributed by atoms with Gasteiger partial charge in [0.2, 0.25) is 0 Å². The van der Waals surface area contributed by atoms with Crippen LogP contribution < -0.4 is 0 Å². The fourth-order valence-electron chi connectivity index (χ4n) is 3.08. The van der Waals surface area contributed by atoms with Gasteiger partial charge in [0.25, 0.3) is 0 Å². The maximum absolute atomic E-state index is 12.4.